The molecule has 1 saturated heterocycles. The number of hydrogen-bond donors (Lipinski definition) is 1. The van der Waals surface area contributed by atoms with Gasteiger partial charge in [0.2, 0.25) is 0 Å². The fraction of sp³-hybridized carbons (Fsp3) is 0.750. The van der Waals surface area contributed by atoms with Crippen molar-refractivity contribution in [3.8, 4) is 0 Å². The average molecular weight is 206 g/mol. The van der Waals surface area contributed by atoms with Crippen LogP contribution in [0.3, 0.4) is 0 Å². The first-order valence-corrected chi connectivity index (χ1v) is 5.95. The molecule has 1 unspecified atom stereocenters. The molecule has 3 heteroatoms. The van der Waals surface area contributed by atoms with Gasteiger partial charge in [-0.15, -0.1) is 0 Å². The van der Waals surface area contributed by atoms with E-state index in [4.69, 9.17) is 4.42 Å². The van der Waals surface area contributed by atoms with Gasteiger partial charge in [-0.3, -0.25) is 0 Å². The maximum Gasteiger partial charge on any atom is 0.198 e. The van der Waals surface area contributed by atoms with Crippen molar-refractivity contribution < 1.29 is 4.42 Å². The minimum Gasteiger partial charge on any atom is -0.445 e. The molecule has 1 atom stereocenters. The highest BCUT2D eigenvalue weighted by molar-refractivity contribution is 5.18. The highest BCUT2D eigenvalue weighted by atomic mass is 16.4. The topological polar surface area (TPSA) is 38.1 Å². The Labute approximate surface area is 90.3 Å². The first-order chi connectivity index (χ1) is 7.28. The molecule has 3 nitrogen and oxygen atoms in total. The Bertz CT molecular complexity index is 348. The third-order valence-corrected chi connectivity index (χ3v) is 3.76. The summed E-state index contributed by atoms with van der Waals surface area (Å²) in [7, 11) is 0. The molecule has 2 fully saturated rings. The number of aromatic nitrogens is 1. The monoisotopic (exact) mass is 206 g/mol. The summed E-state index contributed by atoms with van der Waals surface area (Å²) in [5, 5.41) is 3.40. The zero-order valence-corrected chi connectivity index (χ0v) is 9.25. The van der Waals surface area contributed by atoms with Gasteiger partial charge in [0, 0.05) is 17.9 Å². The van der Waals surface area contributed by atoms with Gasteiger partial charge in [0.25, 0.3) is 0 Å². The van der Waals surface area contributed by atoms with Crippen molar-refractivity contribution in [2.24, 2.45) is 0 Å². The van der Waals surface area contributed by atoms with Crippen LogP contribution in [0, 0.1) is 0 Å². The van der Waals surface area contributed by atoms with E-state index in [1.165, 1.54) is 25.7 Å². The molecule has 1 aromatic rings. The predicted octanol–water partition coefficient (Wildman–Crippen LogP) is 2.19. The van der Waals surface area contributed by atoms with E-state index in [0.29, 0.717) is 11.3 Å². The quantitative estimate of drug-likeness (QED) is 0.806. The summed E-state index contributed by atoms with van der Waals surface area (Å²) in [5.74, 6) is 2.54. The van der Waals surface area contributed by atoms with Crippen molar-refractivity contribution in [1.82, 2.24) is 10.3 Å². The third kappa shape index (κ3) is 1.69. The van der Waals surface area contributed by atoms with Gasteiger partial charge in [-0.05, 0) is 32.2 Å². The van der Waals surface area contributed by atoms with Gasteiger partial charge >= 0.3 is 0 Å². The number of piperidine rings is 1. The van der Waals surface area contributed by atoms with Crippen LogP contribution < -0.4 is 5.32 Å². The molecule has 0 bridgehead atoms. The predicted molar refractivity (Wildman–Crippen MR) is 57.9 cm³/mol. The molecule has 1 aliphatic heterocycles. The van der Waals surface area contributed by atoms with Gasteiger partial charge < -0.3 is 9.73 Å². The molecule has 0 radical (unpaired) electrons. The van der Waals surface area contributed by atoms with Crippen LogP contribution in [0.5, 0.6) is 0 Å². The minimum absolute atomic E-state index is 0.313. The summed E-state index contributed by atoms with van der Waals surface area (Å²) in [4.78, 5) is 4.44. The normalized spacial score (nSPS) is 29.0. The lowest BCUT2D eigenvalue weighted by atomic mass is 10.00. The van der Waals surface area contributed by atoms with Crippen molar-refractivity contribution in [1.29, 1.82) is 0 Å². The lowest BCUT2D eigenvalue weighted by Gasteiger charge is -2.19. The second-order valence-corrected chi connectivity index (χ2v) is 5.17. The van der Waals surface area contributed by atoms with Gasteiger partial charge in [-0.1, -0.05) is 6.92 Å². The Morgan fingerprint density at radius 2 is 2.40 bits per heavy atom. The van der Waals surface area contributed by atoms with Crippen LogP contribution in [0.25, 0.3) is 0 Å². The summed E-state index contributed by atoms with van der Waals surface area (Å²) >= 11 is 0. The molecule has 0 aromatic carbocycles. The summed E-state index contributed by atoms with van der Waals surface area (Å²) in [6, 6.07) is 0. The van der Waals surface area contributed by atoms with E-state index in [0.717, 1.165) is 24.7 Å². The number of oxazole rings is 1. The molecular formula is C12H18N2O. The Morgan fingerprint density at radius 3 is 3.07 bits per heavy atom. The number of nitrogens with one attached hydrogen (secondary N) is 1. The number of nitrogens with zero attached hydrogens (tertiary/aromatic N) is 1. The van der Waals surface area contributed by atoms with Crippen molar-refractivity contribution in [2.75, 3.05) is 13.1 Å². The summed E-state index contributed by atoms with van der Waals surface area (Å²) in [6.07, 6.45) is 6.90. The van der Waals surface area contributed by atoms with Crippen LogP contribution in [0.1, 0.15) is 50.2 Å². The smallest absolute Gasteiger partial charge is 0.198 e. The van der Waals surface area contributed by atoms with Crippen molar-refractivity contribution >= 4 is 0 Å². The van der Waals surface area contributed by atoms with Gasteiger partial charge in [0.15, 0.2) is 5.89 Å². The standard InChI is InChI=1S/C12H18N2O/c1-12(4-5-12)10-8-14-11(15-10)9-3-2-6-13-7-9/h8-9,13H,2-7H2,1H3. The highest BCUT2D eigenvalue weighted by Crippen LogP contribution is 2.48. The van der Waals surface area contributed by atoms with Crippen molar-refractivity contribution in [2.45, 2.75) is 43.9 Å². The van der Waals surface area contributed by atoms with Gasteiger partial charge in [-0.2, -0.15) is 0 Å². The Kier molecular flexibility index (Phi) is 2.09. The molecule has 0 spiro atoms. The zero-order valence-electron chi connectivity index (χ0n) is 9.25. The number of rotatable bonds is 2. The zero-order chi connectivity index (χ0) is 10.3. The lowest BCUT2D eigenvalue weighted by molar-refractivity contribution is 0.352. The van der Waals surface area contributed by atoms with E-state index in [1.54, 1.807) is 0 Å². The first kappa shape index (κ1) is 9.40. The van der Waals surface area contributed by atoms with Gasteiger partial charge in [0.05, 0.1) is 6.20 Å². The minimum atomic E-state index is 0.313. The van der Waals surface area contributed by atoms with E-state index in [9.17, 15) is 0 Å². The van der Waals surface area contributed by atoms with Crippen LogP contribution in [0.4, 0.5) is 0 Å². The van der Waals surface area contributed by atoms with Gasteiger partial charge in [-0.25, -0.2) is 4.98 Å². The maximum absolute atomic E-state index is 5.90. The van der Waals surface area contributed by atoms with Crippen LogP contribution >= 0.6 is 0 Å². The summed E-state index contributed by atoms with van der Waals surface area (Å²) in [5.41, 5.74) is 0.313. The fourth-order valence-electron chi connectivity index (χ4n) is 2.25. The summed E-state index contributed by atoms with van der Waals surface area (Å²) < 4.78 is 5.90. The molecule has 2 aliphatic rings. The van der Waals surface area contributed by atoms with E-state index in [2.05, 4.69) is 17.2 Å². The molecule has 1 aromatic heterocycles. The molecule has 3 rings (SSSR count). The van der Waals surface area contributed by atoms with Crippen molar-refractivity contribution in [3.63, 3.8) is 0 Å². The van der Waals surface area contributed by atoms with E-state index >= 15 is 0 Å². The molecule has 1 aliphatic carbocycles. The second-order valence-electron chi connectivity index (χ2n) is 5.17. The van der Waals surface area contributed by atoms with E-state index in [1.807, 2.05) is 6.20 Å². The Hall–Kier alpha value is -0.830. The van der Waals surface area contributed by atoms with Crippen LogP contribution in [0.2, 0.25) is 0 Å². The van der Waals surface area contributed by atoms with Gasteiger partial charge in [0.1, 0.15) is 5.76 Å². The fourth-order valence-corrected chi connectivity index (χ4v) is 2.25. The SMILES string of the molecule is CC1(c2cnc(C3CCCNC3)o2)CC1. The number of hydrogen-bond acceptors (Lipinski definition) is 3. The summed E-state index contributed by atoms with van der Waals surface area (Å²) in [6.45, 7) is 4.43. The average Bonchev–Trinajstić information content (AvgIpc) is 2.85. The lowest BCUT2D eigenvalue weighted by Crippen LogP contribution is -2.28. The maximum atomic E-state index is 5.90. The molecule has 1 N–H and O–H groups in total. The molecule has 0 amide bonds. The van der Waals surface area contributed by atoms with Crippen LogP contribution in [-0.4, -0.2) is 18.1 Å². The largest absolute Gasteiger partial charge is 0.445 e. The van der Waals surface area contributed by atoms with Crippen molar-refractivity contribution in [3.05, 3.63) is 17.8 Å². The van der Waals surface area contributed by atoms with Crippen LogP contribution in [0.15, 0.2) is 10.6 Å². The second kappa shape index (κ2) is 3.34. The molecule has 82 valence electrons. The van der Waals surface area contributed by atoms with Crippen LogP contribution in [-0.2, 0) is 5.41 Å². The third-order valence-electron chi connectivity index (χ3n) is 3.76. The molecule has 1 saturated carbocycles. The van der Waals surface area contributed by atoms with E-state index in [-0.39, 0.29) is 0 Å². The molecule has 15 heavy (non-hydrogen) atoms. The first-order valence-electron chi connectivity index (χ1n) is 5.95. The van der Waals surface area contributed by atoms with E-state index < -0.39 is 0 Å². The Balaban J connectivity index is 1.77. The molecular weight excluding hydrogens is 188 g/mol. The Morgan fingerprint density at radius 1 is 1.53 bits per heavy atom. The molecule has 2 heterocycles. The highest BCUT2D eigenvalue weighted by Gasteiger charge is 2.42.